The first-order chi connectivity index (χ1) is 12.1. The zero-order valence-corrected chi connectivity index (χ0v) is 14.7. The summed E-state index contributed by atoms with van der Waals surface area (Å²) >= 11 is 0. The Morgan fingerprint density at radius 2 is 1.60 bits per heavy atom. The van der Waals surface area contributed by atoms with Gasteiger partial charge in [-0.1, -0.05) is 48.5 Å². The number of rotatable bonds is 5. The van der Waals surface area contributed by atoms with E-state index in [0.29, 0.717) is 19.4 Å². The lowest BCUT2D eigenvalue weighted by atomic mass is 10.2. The fourth-order valence-electron chi connectivity index (χ4n) is 2.90. The first kappa shape index (κ1) is 17.6. The van der Waals surface area contributed by atoms with Crippen LogP contribution in [-0.4, -0.2) is 31.2 Å². The minimum absolute atomic E-state index is 0.179. The highest BCUT2D eigenvalue weighted by atomic mass is 32.2. The van der Waals surface area contributed by atoms with E-state index in [-0.39, 0.29) is 11.5 Å². The summed E-state index contributed by atoms with van der Waals surface area (Å²) < 4.78 is 25.7. The molecule has 3 rings (SSSR count). The molecule has 2 aromatic rings. The lowest BCUT2D eigenvalue weighted by molar-refractivity contribution is -0.189. The monoisotopic (exact) mass is 359 g/mol. The maximum Gasteiger partial charge on any atom is 0.264 e. The molecule has 1 aliphatic heterocycles. The van der Waals surface area contributed by atoms with Gasteiger partial charge in [0.25, 0.3) is 5.91 Å². The molecule has 0 saturated carbocycles. The third-order valence-corrected chi connectivity index (χ3v) is 6.39. The summed E-state index contributed by atoms with van der Waals surface area (Å²) in [5, 5.41) is 0.138. The predicted molar refractivity (Wildman–Crippen MR) is 94.2 cm³/mol. The Morgan fingerprint density at radius 3 is 2.28 bits per heavy atom. The molecule has 1 saturated heterocycles. The first-order valence-electron chi connectivity index (χ1n) is 8.36. The Bertz CT molecular complexity index is 806. The van der Waals surface area contributed by atoms with Gasteiger partial charge in [0.05, 0.1) is 4.90 Å². The van der Waals surface area contributed by atoms with Crippen LogP contribution in [0.3, 0.4) is 0 Å². The zero-order valence-electron chi connectivity index (χ0n) is 13.9. The van der Waals surface area contributed by atoms with Gasteiger partial charge < -0.3 is 0 Å². The number of carbonyl (C=O) groups excluding carboxylic acids is 1. The topological polar surface area (TPSA) is 63.7 Å². The SMILES string of the molecule is O=C1C(S(=O)(=O)c2ccccc2)CCCCN1OCc1ccccc1. The normalized spacial score (nSPS) is 18.8. The largest absolute Gasteiger partial charge is 0.271 e. The molecule has 0 radical (unpaired) electrons. The summed E-state index contributed by atoms with van der Waals surface area (Å²) in [6.45, 7) is 0.650. The van der Waals surface area contributed by atoms with Gasteiger partial charge in [-0.3, -0.25) is 9.63 Å². The summed E-state index contributed by atoms with van der Waals surface area (Å²) in [7, 11) is -3.72. The molecule has 2 aromatic carbocycles. The molecule has 5 nitrogen and oxygen atoms in total. The van der Waals surface area contributed by atoms with Crippen LogP contribution in [0.4, 0.5) is 0 Å². The van der Waals surface area contributed by atoms with Crippen molar-refractivity contribution in [3.63, 3.8) is 0 Å². The van der Waals surface area contributed by atoms with Gasteiger partial charge >= 0.3 is 0 Å². The minimum Gasteiger partial charge on any atom is -0.271 e. The summed E-state index contributed by atoms with van der Waals surface area (Å²) in [6, 6.07) is 17.6. The van der Waals surface area contributed by atoms with Crippen LogP contribution < -0.4 is 0 Å². The smallest absolute Gasteiger partial charge is 0.264 e. The molecular formula is C19H21NO4S. The van der Waals surface area contributed by atoms with Crippen molar-refractivity contribution in [2.24, 2.45) is 0 Å². The van der Waals surface area contributed by atoms with E-state index in [9.17, 15) is 13.2 Å². The molecule has 25 heavy (non-hydrogen) atoms. The lowest BCUT2D eigenvalue weighted by Crippen LogP contribution is -2.41. The molecule has 1 aliphatic rings. The summed E-state index contributed by atoms with van der Waals surface area (Å²) in [5.74, 6) is -0.475. The summed E-state index contributed by atoms with van der Waals surface area (Å²) in [6.07, 6.45) is 1.72. The lowest BCUT2D eigenvalue weighted by Gasteiger charge is -2.23. The molecule has 1 atom stereocenters. The number of amides is 1. The highest BCUT2D eigenvalue weighted by molar-refractivity contribution is 7.92. The van der Waals surface area contributed by atoms with Crippen molar-refractivity contribution in [1.29, 1.82) is 0 Å². The van der Waals surface area contributed by atoms with Gasteiger partial charge in [0.15, 0.2) is 9.84 Å². The molecule has 1 fully saturated rings. The number of benzene rings is 2. The van der Waals surface area contributed by atoms with Gasteiger partial charge in [0, 0.05) is 6.54 Å². The molecule has 1 amide bonds. The average Bonchev–Trinajstić information content (AvgIpc) is 2.83. The Morgan fingerprint density at radius 1 is 0.960 bits per heavy atom. The summed E-state index contributed by atoms with van der Waals surface area (Å²) in [5.41, 5.74) is 0.932. The Kier molecular flexibility index (Phi) is 5.50. The molecule has 1 unspecified atom stereocenters. The highest BCUT2D eigenvalue weighted by Gasteiger charge is 2.38. The van der Waals surface area contributed by atoms with Crippen LogP contribution in [0, 0.1) is 0 Å². The first-order valence-corrected chi connectivity index (χ1v) is 9.91. The molecule has 0 bridgehead atoms. The highest BCUT2D eigenvalue weighted by Crippen LogP contribution is 2.25. The number of hydroxylamine groups is 2. The van der Waals surface area contributed by atoms with E-state index in [1.54, 1.807) is 18.2 Å². The van der Waals surface area contributed by atoms with Gasteiger partial charge in [-0.25, -0.2) is 13.5 Å². The van der Waals surface area contributed by atoms with Crippen LogP contribution in [0.25, 0.3) is 0 Å². The van der Waals surface area contributed by atoms with Gasteiger partial charge in [0.1, 0.15) is 11.9 Å². The predicted octanol–water partition coefficient (Wildman–Crippen LogP) is 2.97. The van der Waals surface area contributed by atoms with Crippen molar-refractivity contribution < 1.29 is 18.0 Å². The Labute approximate surface area is 148 Å². The molecular weight excluding hydrogens is 338 g/mol. The third-order valence-electron chi connectivity index (χ3n) is 4.27. The van der Waals surface area contributed by atoms with Crippen molar-refractivity contribution >= 4 is 15.7 Å². The third kappa shape index (κ3) is 4.08. The Balaban J connectivity index is 1.77. The quantitative estimate of drug-likeness (QED) is 0.823. The standard InChI is InChI=1S/C19H21NO4S/c21-19-18(25(22,23)17-11-5-2-6-12-17)13-7-8-14-20(19)24-15-16-9-3-1-4-10-16/h1-6,9-12,18H,7-8,13-15H2. The molecule has 1 heterocycles. The Hall–Kier alpha value is -2.18. The van der Waals surface area contributed by atoms with Gasteiger partial charge in [-0.05, 0) is 37.0 Å². The van der Waals surface area contributed by atoms with Crippen molar-refractivity contribution in [2.45, 2.75) is 36.0 Å². The van der Waals surface area contributed by atoms with E-state index in [1.807, 2.05) is 30.3 Å². The van der Waals surface area contributed by atoms with Crippen molar-refractivity contribution in [3.8, 4) is 0 Å². The fraction of sp³-hybridized carbons (Fsp3) is 0.316. The maximum atomic E-state index is 12.9. The molecule has 132 valence electrons. The number of hydrogen-bond donors (Lipinski definition) is 0. The van der Waals surface area contributed by atoms with Gasteiger partial charge in [0.2, 0.25) is 0 Å². The number of sulfone groups is 1. The van der Waals surface area contributed by atoms with Crippen molar-refractivity contribution in [1.82, 2.24) is 5.06 Å². The second-order valence-electron chi connectivity index (χ2n) is 6.04. The molecule has 0 aliphatic carbocycles. The molecule has 0 spiro atoms. The van der Waals surface area contributed by atoms with E-state index < -0.39 is 21.0 Å². The van der Waals surface area contributed by atoms with Crippen molar-refractivity contribution in [2.75, 3.05) is 6.54 Å². The van der Waals surface area contributed by atoms with Crippen LogP contribution in [0.15, 0.2) is 65.6 Å². The fourth-order valence-corrected chi connectivity index (χ4v) is 4.62. The van der Waals surface area contributed by atoms with E-state index in [4.69, 9.17) is 4.84 Å². The molecule has 6 heteroatoms. The molecule has 0 aromatic heterocycles. The maximum absolute atomic E-state index is 12.9. The second kappa shape index (κ2) is 7.80. The zero-order chi connectivity index (χ0) is 17.7. The number of nitrogens with zero attached hydrogens (tertiary/aromatic N) is 1. The average molecular weight is 359 g/mol. The van der Waals surface area contributed by atoms with Crippen LogP contribution in [-0.2, 0) is 26.1 Å². The van der Waals surface area contributed by atoms with Crippen molar-refractivity contribution in [3.05, 3.63) is 66.2 Å². The van der Waals surface area contributed by atoms with Crippen LogP contribution in [0.1, 0.15) is 24.8 Å². The van der Waals surface area contributed by atoms with Crippen LogP contribution >= 0.6 is 0 Å². The van der Waals surface area contributed by atoms with E-state index in [0.717, 1.165) is 12.0 Å². The summed E-state index contributed by atoms with van der Waals surface area (Å²) in [4.78, 5) is 18.6. The number of hydrogen-bond acceptors (Lipinski definition) is 4. The van der Waals surface area contributed by atoms with Crippen LogP contribution in [0.2, 0.25) is 0 Å². The second-order valence-corrected chi connectivity index (χ2v) is 8.17. The molecule has 0 N–H and O–H groups in total. The van der Waals surface area contributed by atoms with E-state index >= 15 is 0 Å². The minimum atomic E-state index is -3.72. The van der Waals surface area contributed by atoms with Crippen LogP contribution in [0.5, 0.6) is 0 Å². The van der Waals surface area contributed by atoms with Gasteiger partial charge in [-0.2, -0.15) is 0 Å². The van der Waals surface area contributed by atoms with Gasteiger partial charge in [-0.15, -0.1) is 0 Å². The number of carbonyl (C=O) groups is 1. The van der Waals surface area contributed by atoms with E-state index in [1.165, 1.54) is 17.2 Å². The van der Waals surface area contributed by atoms with E-state index in [2.05, 4.69) is 0 Å².